The number of esters is 1. The summed E-state index contributed by atoms with van der Waals surface area (Å²) in [5, 5.41) is 13.4. The molecule has 3 amide bonds. The second-order valence-electron chi connectivity index (χ2n) is 8.52. The number of carbonyl (C=O) groups is 4. The summed E-state index contributed by atoms with van der Waals surface area (Å²) in [6.07, 6.45) is 2.78. The van der Waals surface area contributed by atoms with Gasteiger partial charge in [-0.05, 0) is 51.0 Å². The predicted molar refractivity (Wildman–Crippen MR) is 107 cm³/mol. The van der Waals surface area contributed by atoms with Gasteiger partial charge in [-0.2, -0.15) is 0 Å². The highest BCUT2D eigenvalue weighted by Crippen LogP contribution is 2.56. The third-order valence-corrected chi connectivity index (χ3v) is 6.73. The molecule has 0 unspecified atom stereocenters. The molecule has 0 spiro atoms. The zero-order valence-electron chi connectivity index (χ0n) is 17.2. The standard InChI is InChI=1S/C21H23N3O7/c1-10-3-6-14(8-15(10)24(29)30)22-16(25)9-31-21(28)11(2)23-19(26)17-12-4-5-13(7-12)18(17)20(23)27/h3,6,8,11-13,17-18H,4-5,7,9H2,1-2H3,(H,22,25)/t11-,12-,13-,17-,18+/m0/s1. The minimum Gasteiger partial charge on any atom is -0.454 e. The molecule has 2 aliphatic carbocycles. The van der Waals surface area contributed by atoms with Crippen LogP contribution in [0.3, 0.4) is 0 Å². The summed E-state index contributed by atoms with van der Waals surface area (Å²) < 4.78 is 5.01. The quantitative estimate of drug-likeness (QED) is 0.315. The minimum absolute atomic E-state index is 0.144. The summed E-state index contributed by atoms with van der Waals surface area (Å²) in [6, 6.07) is 3.10. The molecule has 1 aromatic rings. The van der Waals surface area contributed by atoms with Crippen LogP contribution in [-0.4, -0.2) is 46.2 Å². The van der Waals surface area contributed by atoms with Crippen LogP contribution in [0.1, 0.15) is 31.7 Å². The van der Waals surface area contributed by atoms with Gasteiger partial charge in [-0.1, -0.05) is 6.07 Å². The average molecular weight is 429 g/mol. The molecule has 1 aliphatic heterocycles. The lowest BCUT2D eigenvalue weighted by molar-refractivity contribution is -0.385. The SMILES string of the molecule is Cc1ccc(NC(=O)COC(=O)[C@H](C)N2C(=O)[C@@H]3[C@H]4CC[C@@H](C4)[C@@H]3C2=O)cc1[N+](=O)[O-]. The maximum atomic E-state index is 12.8. The number of nitro benzene ring substituents is 1. The van der Waals surface area contributed by atoms with Crippen LogP contribution in [0.25, 0.3) is 0 Å². The zero-order chi connectivity index (χ0) is 22.4. The number of carbonyl (C=O) groups excluding carboxylic acids is 4. The van der Waals surface area contributed by atoms with E-state index in [-0.39, 0.29) is 46.9 Å². The predicted octanol–water partition coefficient (Wildman–Crippen LogP) is 1.80. The number of nitro groups is 1. The number of fused-ring (bicyclic) bond motifs is 5. The van der Waals surface area contributed by atoms with Crippen molar-refractivity contribution in [3.8, 4) is 0 Å². The average Bonchev–Trinajstić information content (AvgIpc) is 3.40. The Morgan fingerprint density at radius 3 is 2.42 bits per heavy atom. The van der Waals surface area contributed by atoms with Crippen LogP contribution in [-0.2, 0) is 23.9 Å². The highest BCUT2D eigenvalue weighted by Gasteiger charge is 2.62. The van der Waals surface area contributed by atoms with Crippen LogP contribution >= 0.6 is 0 Å². The number of anilines is 1. The normalized spacial score (nSPS) is 27.2. The minimum atomic E-state index is -1.11. The molecule has 3 fully saturated rings. The fourth-order valence-corrected chi connectivity index (χ4v) is 5.26. The number of nitrogens with zero attached hydrogens (tertiary/aromatic N) is 2. The second kappa shape index (κ2) is 7.75. The van der Waals surface area contributed by atoms with Crippen molar-refractivity contribution in [1.82, 2.24) is 4.90 Å². The van der Waals surface area contributed by atoms with E-state index >= 15 is 0 Å². The summed E-state index contributed by atoms with van der Waals surface area (Å²) in [6.45, 7) is 2.36. The van der Waals surface area contributed by atoms with Gasteiger partial charge >= 0.3 is 5.97 Å². The summed E-state index contributed by atoms with van der Waals surface area (Å²) in [7, 11) is 0. The molecular formula is C21H23N3O7. The smallest absolute Gasteiger partial charge is 0.329 e. The highest BCUT2D eigenvalue weighted by atomic mass is 16.6. The van der Waals surface area contributed by atoms with Crippen LogP contribution in [0.15, 0.2) is 18.2 Å². The molecule has 10 nitrogen and oxygen atoms in total. The number of benzene rings is 1. The lowest BCUT2D eigenvalue weighted by Gasteiger charge is -2.23. The Balaban J connectivity index is 1.34. The van der Waals surface area contributed by atoms with Gasteiger partial charge in [0.15, 0.2) is 6.61 Å². The summed E-state index contributed by atoms with van der Waals surface area (Å²) in [5.74, 6) is -2.41. The first-order valence-corrected chi connectivity index (χ1v) is 10.3. The number of amides is 3. The first-order valence-electron chi connectivity index (χ1n) is 10.3. The third kappa shape index (κ3) is 3.55. The molecule has 1 heterocycles. The number of imide groups is 1. The van der Waals surface area contributed by atoms with E-state index < -0.39 is 29.4 Å². The molecule has 3 aliphatic rings. The van der Waals surface area contributed by atoms with Crippen LogP contribution in [0.5, 0.6) is 0 Å². The van der Waals surface area contributed by atoms with Crippen molar-refractivity contribution in [2.24, 2.45) is 23.7 Å². The van der Waals surface area contributed by atoms with Gasteiger partial charge in [0.25, 0.3) is 11.6 Å². The van der Waals surface area contributed by atoms with Crippen molar-refractivity contribution < 1.29 is 28.8 Å². The topological polar surface area (TPSA) is 136 Å². The van der Waals surface area contributed by atoms with Gasteiger partial charge in [-0.25, -0.2) is 4.79 Å². The largest absolute Gasteiger partial charge is 0.454 e. The molecule has 2 bridgehead atoms. The molecule has 31 heavy (non-hydrogen) atoms. The van der Waals surface area contributed by atoms with Crippen LogP contribution < -0.4 is 5.32 Å². The first-order chi connectivity index (χ1) is 14.7. The monoisotopic (exact) mass is 429 g/mol. The van der Waals surface area contributed by atoms with Crippen LogP contribution in [0, 0.1) is 40.7 Å². The van der Waals surface area contributed by atoms with Gasteiger partial charge in [0, 0.05) is 17.3 Å². The number of likely N-dealkylation sites (tertiary alicyclic amines) is 1. The van der Waals surface area contributed by atoms with Gasteiger partial charge < -0.3 is 10.1 Å². The molecule has 164 valence electrons. The van der Waals surface area contributed by atoms with E-state index in [1.165, 1.54) is 25.1 Å². The maximum absolute atomic E-state index is 12.8. The molecule has 4 rings (SSSR count). The Bertz CT molecular complexity index is 963. The van der Waals surface area contributed by atoms with E-state index in [0.717, 1.165) is 24.2 Å². The number of hydrogen-bond donors (Lipinski definition) is 1. The van der Waals surface area contributed by atoms with E-state index in [1.807, 2.05) is 0 Å². The van der Waals surface area contributed by atoms with E-state index in [2.05, 4.69) is 5.32 Å². The number of rotatable bonds is 6. The van der Waals surface area contributed by atoms with E-state index in [1.54, 1.807) is 6.92 Å². The fourth-order valence-electron chi connectivity index (χ4n) is 5.26. The number of hydrogen-bond acceptors (Lipinski definition) is 7. The number of ether oxygens (including phenoxy) is 1. The molecule has 1 N–H and O–H groups in total. The molecular weight excluding hydrogens is 406 g/mol. The Hall–Kier alpha value is -3.30. The molecule has 10 heteroatoms. The maximum Gasteiger partial charge on any atom is 0.329 e. The van der Waals surface area contributed by atoms with E-state index in [9.17, 15) is 29.3 Å². The van der Waals surface area contributed by atoms with Crippen molar-refractivity contribution in [3.05, 3.63) is 33.9 Å². The molecule has 0 aromatic heterocycles. The van der Waals surface area contributed by atoms with Gasteiger partial charge in [-0.3, -0.25) is 29.4 Å². The number of nitrogens with one attached hydrogen (secondary N) is 1. The van der Waals surface area contributed by atoms with Gasteiger partial charge in [0.1, 0.15) is 6.04 Å². The Morgan fingerprint density at radius 2 is 1.84 bits per heavy atom. The van der Waals surface area contributed by atoms with Crippen molar-refractivity contribution in [1.29, 1.82) is 0 Å². The molecule has 1 saturated heterocycles. The summed E-state index contributed by atoms with van der Waals surface area (Å²) in [5.41, 5.74) is 0.495. The van der Waals surface area contributed by atoms with Gasteiger partial charge in [0.05, 0.1) is 16.8 Å². The summed E-state index contributed by atoms with van der Waals surface area (Å²) >= 11 is 0. The first kappa shape index (κ1) is 21.0. The van der Waals surface area contributed by atoms with Gasteiger partial charge in [-0.15, -0.1) is 0 Å². The number of aryl methyl sites for hydroxylation is 1. The Kier molecular flexibility index (Phi) is 5.24. The fraction of sp³-hybridized carbons (Fsp3) is 0.524. The zero-order valence-corrected chi connectivity index (χ0v) is 17.2. The summed E-state index contributed by atoms with van der Waals surface area (Å²) in [4.78, 5) is 61.6. The molecule has 2 saturated carbocycles. The van der Waals surface area contributed by atoms with Crippen LogP contribution in [0.2, 0.25) is 0 Å². The van der Waals surface area contributed by atoms with E-state index in [0.29, 0.717) is 5.56 Å². The highest BCUT2D eigenvalue weighted by molar-refractivity contribution is 6.08. The lowest BCUT2D eigenvalue weighted by atomic mass is 9.81. The lowest BCUT2D eigenvalue weighted by Crippen LogP contribution is -2.45. The van der Waals surface area contributed by atoms with Crippen molar-refractivity contribution in [2.75, 3.05) is 11.9 Å². The Labute approximate surface area is 178 Å². The van der Waals surface area contributed by atoms with E-state index in [4.69, 9.17) is 4.74 Å². The van der Waals surface area contributed by atoms with Gasteiger partial charge in [0.2, 0.25) is 11.8 Å². The molecule has 0 radical (unpaired) electrons. The van der Waals surface area contributed by atoms with Crippen molar-refractivity contribution in [2.45, 2.75) is 39.2 Å². The third-order valence-electron chi connectivity index (χ3n) is 6.73. The Morgan fingerprint density at radius 1 is 1.23 bits per heavy atom. The molecule has 1 aromatic carbocycles. The van der Waals surface area contributed by atoms with Crippen LogP contribution in [0.4, 0.5) is 11.4 Å². The van der Waals surface area contributed by atoms with Crippen molar-refractivity contribution >= 4 is 35.1 Å². The second-order valence-corrected chi connectivity index (χ2v) is 8.52. The van der Waals surface area contributed by atoms with Crippen molar-refractivity contribution in [3.63, 3.8) is 0 Å². The molecule has 5 atom stereocenters.